The van der Waals surface area contributed by atoms with Crippen molar-refractivity contribution >= 4 is 16.5 Å². The molecule has 19 heavy (non-hydrogen) atoms. The van der Waals surface area contributed by atoms with Crippen LogP contribution in [0.1, 0.15) is 12.0 Å². The zero-order valence-electron chi connectivity index (χ0n) is 10.5. The second-order valence-electron chi connectivity index (χ2n) is 4.36. The zero-order valence-corrected chi connectivity index (χ0v) is 11.3. The maximum atomic E-state index is 13.2. The molecule has 0 fully saturated rings. The number of hydrogen-bond acceptors (Lipinski definition) is 2. The number of benzene rings is 2. The van der Waals surface area contributed by atoms with Gasteiger partial charge < -0.3 is 5.73 Å². The Labute approximate surface area is 114 Å². The normalized spacial score (nSPS) is 12.3. The second-order valence-corrected chi connectivity index (χ2v) is 5.93. The van der Waals surface area contributed by atoms with Gasteiger partial charge in [0.05, 0.1) is 10.8 Å². The molecule has 0 aliphatic rings. The molecule has 1 unspecified atom stereocenters. The molecule has 0 radical (unpaired) electrons. The Morgan fingerprint density at radius 2 is 1.84 bits per heavy atom. The summed E-state index contributed by atoms with van der Waals surface area (Å²) in [5.41, 5.74) is 7.07. The van der Waals surface area contributed by atoms with Crippen molar-refractivity contribution in [3.05, 3.63) is 59.9 Å². The molecule has 0 bridgehead atoms. The number of nitrogen functional groups attached to an aromatic ring is 1. The Hall–Kier alpha value is -1.68. The van der Waals surface area contributed by atoms with Crippen LogP contribution in [0.25, 0.3) is 0 Å². The van der Waals surface area contributed by atoms with E-state index >= 15 is 0 Å². The summed E-state index contributed by atoms with van der Waals surface area (Å²) in [6.45, 7) is 0. The Bertz CT molecular complexity index is 551. The van der Waals surface area contributed by atoms with Gasteiger partial charge in [-0.3, -0.25) is 4.21 Å². The Kier molecular flexibility index (Phi) is 4.68. The first-order valence-electron chi connectivity index (χ1n) is 6.13. The summed E-state index contributed by atoms with van der Waals surface area (Å²) in [7, 11) is -1.20. The summed E-state index contributed by atoms with van der Waals surface area (Å²) in [6.07, 6.45) is 1.67. The average molecular weight is 277 g/mol. The maximum absolute atomic E-state index is 13.2. The molecule has 4 heteroatoms. The molecule has 2 rings (SSSR count). The summed E-state index contributed by atoms with van der Waals surface area (Å²) in [5, 5.41) is 0. The van der Waals surface area contributed by atoms with Crippen molar-refractivity contribution in [3.63, 3.8) is 0 Å². The van der Waals surface area contributed by atoms with Gasteiger partial charge in [-0.25, -0.2) is 4.39 Å². The van der Waals surface area contributed by atoms with E-state index in [0.717, 1.165) is 12.8 Å². The monoisotopic (exact) mass is 277 g/mol. The third kappa shape index (κ3) is 4.17. The van der Waals surface area contributed by atoms with Crippen molar-refractivity contribution in [2.24, 2.45) is 0 Å². The van der Waals surface area contributed by atoms with Crippen molar-refractivity contribution < 1.29 is 8.60 Å². The number of nitrogens with two attached hydrogens (primary N) is 1. The molecule has 0 amide bonds. The lowest BCUT2D eigenvalue weighted by molar-refractivity contribution is 0.623. The fourth-order valence-electron chi connectivity index (χ4n) is 1.89. The quantitative estimate of drug-likeness (QED) is 0.853. The molecule has 0 saturated carbocycles. The molecule has 100 valence electrons. The molecular weight excluding hydrogens is 261 g/mol. The fourth-order valence-corrected chi connectivity index (χ4v) is 3.04. The van der Waals surface area contributed by atoms with E-state index in [9.17, 15) is 8.60 Å². The highest BCUT2D eigenvalue weighted by Gasteiger charge is 2.06. The van der Waals surface area contributed by atoms with E-state index in [-0.39, 0.29) is 0 Å². The Balaban J connectivity index is 1.91. The summed E-state index contributed by atoms with van der Waals surface area (Å²) in [4.78, 5) is 0.463. The van der Waals surface area contributed by atoms with Gasteiger partial charge in [-0.2, -0.15) is 0 Å². The molecular formula is C15H16FNOS. The summed E-state index contributed by atoms with van der Waals surface area (Å²) in [6, 6.07) is 14.1. The van der Waals surface area contributed by atoms with E-state index in [0.29, 0.717) is 16.3 Å². The topological polar surface area (TPSA) is 43.1 Å². The predicted octanol–water partition coefficient (Wildman–Crippen LogP) is 3.15. The Morgan fingerprint density at radius 1 is 1.11 bits per heavy atom. The third-order valence-electron chi connectivity index (χ3n) is 2.79. The zero-order chi connectivity index (χ0) is 13.7. The molecule has 2 N–H and O–H groups in total. The first kappa shape index (κ1) is 13.7. The predicted molar refractivity (Wildman–Crippen MR) is 76.9 cm³/mol. The third-order valence-corrected chi connectivity index (χ3v) is 4.22. The van der Waals surface area contributed by atoms with Crippen LogP contribution < -0.4 is 5.73 Å². The van der Waals surface area contributed by atoms with Crippen molar-refractivity contribution in [2.75, 3.05) is 11.5 Å². The largest absolute Gasteiger partial charge is 0.399 e. The first-order chi connectivity index (χ1) is 9.15. The summed E-state index contributed by atoms with van der Waals surface area (Å²) < 4.78 is 25.2. The molecule has 2 aromatic carbocycles. The molecule has 0 aliphatic heterocycles. The standard InChI is InChI=1S/C15H16FNOS/c16-13-9-14(17)11-15(10-13)19(18)8-4-7-12-5-2-1-3-6-12/h1-3,5-6,9-11H,4,7-8,17H2. The van der Waals surface area contributed by atoms with Gasteiger partial charge in [0, 0.05) is 16.3 Å². The number of halogens is 1. The van der Waals surface area contributed by atoms with E-state index in [1.807, 2.05) is 30.3 Å². The van der Waals surface area contributed by atoms with Crippen molar-refractivity contribution in [2.45, 2.75) is 17.7 Å². The Morgan fingerprint density at radius 3 is 2.53 bits per heavy atom. The van der Waals surface area contributed by atoms with E-state index in [1.54, 1.807) is 6.07 Å². The number of anilines is 1. The van der Waals surface area contributed by atoms with Crippen LogP contribution in [0.2, 0.25) is 0 Å². The van der Waals surface area contributed by atoms with Gasteiger partial charge in [-0.15, -0.1) is 0 Å². The smallest absolute Gasteiger partial charge is 0.126 e. The highest BCUT2D eigenvalue weighted by molar-refractivity contribution is 7.85. The van der Waals surface area contributed by atoms with E-state index in [2.05, 4.69) is 0 Å². The molecule has 2 aromatic rings. The summed E-state index contributed by atoms with van der Waals surface area (Å²) >= 11 is 0. The van der Waals surface area contributed by atoms with Crippen LogP contribution >= 0.6 is 0 Å². The highest BCUT2D eigenvalue weighted by atomic mass is 32.2. The van der Waals surface area contributed by atoms with Gasteiger partial charge in [0.25, 0.3) is 0 Å². The average Bonchev–Trinajstić information content (AvgIpc) is 2.38. The van der Waals surface area contributed by atoms with Crippen molar-refractivity contribution in [1.82, 2.24) is 0 Å². The van der Waals surface area contributed by atoms with Crippen LogP contribution in [0.3, 0.4) is 0 Å². The lowest BCUT2D eigenvalue weighted by Gasteiger charge is -2.04. The molecule has 0 spiro atoms. The molecule has 0 saturated heterocycles. The van der Waals surface area contributed by atoms with E-state index in [1.165, 1.54) is 17.7 Å². The number of rotatable bonds is 5. The molecule has 0 heterocycles. The van der Waals surface area contributed by atoms with Crippen LogP contribution in [0.15, 0.2) is 53.4 Å². The maximum Gasteiger partial charge on any atom is 0.126 e. The number of hydrogen-bond donors (Lipinski definition) is 1. The van der Waals surface area contributed by atoms with Gasteiger partial charge in [0.15, 0.2) is 0 Å². The van der Waals surface area contributed by atoms with E-state index in [4.69, 9.17) is 5.73 Å². The molecule has 2 nitrogen and oxygen atoms in total. The molecule has 0 aromatic heterocycles. The molecule has 0 aliphatic carbocycles. The van der Waals surface area contributed by atoms with Crippen LogP contribution in [0.4, 0.5) is 10.1 Å². The highest BCUT2D eigenvalue weighted by Crippen LogP contribution is 2.15. The fraction of sp³-hybridized carbons (Fsp3) is 0.200. The van der Waals surface area contributed by atoms with Crippen molar-refractivity contribution in [1.29, 1.82) is 0 Å². The van der Waals surface area contributed by atoms with Gasteiger partial charge in [0.2, 0.25) is 0 Å². The second kappa shape index (κ2) is 6.48. The van der Waals surface area contributed by atoms with Crippen LogP contribution in [0.5, 0.6) is 0 Å². The minimum Gasteiger partial charge on any atom is -0.399 e. The van der Waals surface area contributed by atoms with Gasteiger partial charge in [-0.1, -0.05) is 30.3 Å². The lowest BCUT2D eigenvalue weighted by atomic mass is 10.1. The summed E-state index contributed by atoms with van der Waals surface area (Å²) in [5.74, 6) is 0.0732. The molecule has 1 atom stereocenters. The van der Waals surface area contributed by atoms with Crippen LogP contribution in [-0.2, 0) is 17.2 Å². The minimum absolute atomic E-state index is 0.311. The minimum atomic E-state index is -1.20. The number of aryl methyl sites for hydroxylation is 1. The van der Waals surface area contributed by atoms with E-state index < -0.39 is 16.6 Å². The SMILES string of the molecule is Nc1cc(F)cc(S(=O)CCCc2ccccc2)c1. The van der Waals surface area contributed by atoms with Crippen LogP contribution in [-0.4, -0.2) is 9.96 Å². The van der Waals surface area contributed by atoms with Gasteiger partial charge in [0.1, 0.15) is 5.82 Å². The van der Waals surface area contributed by atoms with Gasteiger partial charge in [-0.05, 0) is 36.6 Å². The van der Waals surface area contributed by atoms with Crippen molar-refractivity contribution in [3.8, 4) is 0 Å². The van der Waals surface area contributed by atoms with Gasteiger partial charge >= 0.3 is 0 Å². The first-order valence-corrected chi connectivity index (χ1v) is 7.45. The van der Waals surface area contributed by atoms with Crippen LogP contribution in [0, 0.1) is 5.82 Å². The lowest BCUT2D eigenvalue weighted by Crippen LogP contribution is -2.01.